The summed E-state index contributed by atoms with van der Waals surface area (Å²) in [6, 6.07) is 11.8. The first-order valence-corrected chi connectivity index (χ1v) is 10.1. The third-order valence-electron chi connectivity index (χ3n) is 4.95. The standard InChI is InChI=1S/C23H28N4O3/c1-16-12-19(20(14-24)21(28)25-16)18-7-5-6-17(13-18)15-26-8-10-27(11-9-26)22(29)30-23(2,3)4/h5-7,12-13H,8-11,15H2,1-4H3,(H,25,28). The van der Waals surface area contributed by atoms with Crippen LogP contribution in [-0.2, 0) is 11.3 Å². The van der Waals surface area contributed by atoms with Gasteiger partial charge in [-0.15, -0.1) is 0 Å². The number of hydrogen-bond donors (Lipinski definition) is 1. The van der Waals surface area contributed by atoms with E-state index in [1.165, 1.54) is 0 Å². The summed E-state index contributed by atoms with van der Waals surface area (Å²) in [6.07, 6.45) is -0.266. The molecule has 1 aromatic heterocycles. The molecule has 3 rings (SSSR count). The molecule has 1 aliphatic heterocycles. The molecule has 0 aliphatic carbocycles. The maximum atomic E-state index is 12.2. The van der Waals surface area contributed by atoms with E-state index in [0.717, 1.165) is 36.5 Å². The lowest BCUT2D eigenvalue weighted by Crippen LogP contribution is -2.49. The zero-order valence-electron chi connectivity index (χ0n) is 18.0. The van der Waals surface area contributed by atoms with Crippen molar-refractivity contribution in [3.8, 4) is 17.2 Å². The molecular formula is C23H28N4O3. The van der Waals surface area contributed by atoms with Crippen molar-refractivity contribution < 1.29 is 9.53 Å². The van der Waals surface area contributed by atoms with E-state index in [-0.39, 0.29) is 17.2 Å². The second kappa shape index (κ2) is 8.72. The summed E-state index contributed by atoms with van der Waals surface area (Å²) in [5.74, 6) is 0. The van der Waals surface area contributed by atoms with Gasteiger partial charge in [-0.2, -0.15) is 5.26 Å². The van der Waals surface area contributed by atoms with Crippen LogP contribution in [0, 0.1) is 18.3 Å². The molecular weight excluding hydrogens is 380 g/mol. The third kappa shape index (κ3) is 5.28. The fourth-order valence-corrected chi connectivity index (χ4v) is 3.54. The van der Waals surface area contributed by atoms with Crippen LogP contribution < -0.4 is 5.56 Å². The summed E-state index contributed by atoms with van der Waals surface area (Å²) in [5, 5.41) is 9.40. The SMILES string of the molecule is Cc1cc(-c2cccc(CN3CCN(C(=O)OC(C)(C)C)CC3)c2)c(C#N)c(=O)[nH]1. The smallest absolute Gasteiger partial charge is 0.410 e. The van der Waals surface area contributed by atoms with Crippen molar-refractivity contribution in [2.45, 2.75) is 39.8 Å². The van der Waals surface area contributed by atoms with Gasteiger partial charge in [-0.3, -0.25) is 9.69 Å². The number of aromatic nitrogens is 1. The summed E-state index contributed by atoms with van der Waals surface area (Å²) in [4.78, 5) is 31.0. The Bertz CT molecular complexity index is 1020. The molecule has 1 aromatic carbocycles. The third-order valence-corrected chi connectivity index (χ3v) is 4.95. The maximum absolute atomic E-state index is 12.2. The van der Waals surface area contributed by atoms with Crippen molar-refractivity contribution in [1.82, 2.24) is 14.8 Å². The Morgan fingerprint density at radius 2 is 1.90 bits per heavy atom. The van der Waals surface area contributed by atoms with Gasteiger partial charge in [0.1, 0.15) is 17.2 Å². The molecule has 1 aliphatic rings. The average Bonchev–Trinajstić information content (AvgIpc) is 2.67. The van der Waals surface area contributed by atoms with Crippen molar-refractivity contribution in [2.24, 2.45) is 0 Å². The van der Waals surface area contributed by atoms with Crippen LogP contribution >= 0.6 is 0 Å². The number of piperazine rings is 1. The van der Waals surface area contributed by atoms with Gasteiger partial charge in [0.25, 0.3) is 5.56 Å². The molecule has 1 fully saturated rings. The van der Waals surface area contributed by atoms with E-state index >= 15 is 0 Å². The quantitative estimate of drug-likeness (QED) is 0.842. The molecule has 0 unspecified atom stereocenters. The lowest BCUT2D eigenvalue weighted by molar-refractivity contribution is 0.0139. The van der Waals surface area contributed by atoms with Gasteiger partial charge in [-0.05, 0) is 51.0 Å². The second-order valence-electron chi connectivity index (χ2n) is 8.63. The monoisotopic (exact) mass is 408 g/mol. The van der Waals surface area contributed by atoms with Gasteiger partial charge in [-0.1, -0.05) is 18.2 Å². The number of hydrogen-bond acceptors (Lipinski definition) is 5. The highest BCUT2D eigenvalue weighted by molar-refractivity contribution is 5.71. The van der Waals surface area contributed by atoms with Crippen molar-refractivity contribution in [3.05, 3.63) is 57.5 Å². The number of amides is 1. The summed E-state index contributed by atoms with van der Waals surface area (Å²) in [6.45, 7) is 10.9. The molecule has 1 N–H and O–H groups in total. The molecule has 0 atom stereocenters. The second-order valence-corrected chi connectivity index (χ2v) is 8.63. The van der Waals surface area contributed by atoms with Crippen LogP contribution in [0.3, 0.4) is 0 Å². The van der Waals surface area contributed by atoms with Crippen molar-refractivity contribution >= 4 is 6.09 Å². The Hall–Kier alpha value is -3.11. The number of carbonyl (C=O) groups excluding carboxylic acids is 1. The number of nitrogens with zero attached hydrogens (tertiary/aromatic N) is 3. The van der Waals surface area contributed by atoms with Crippen molar-refractivity contribution in [1.29, 1.82) is 5.26 Å². The van der Waals surface area contributed by atoms with Crippen LogP contribution in [0.4, 0.5) is 4.79 Å². The minimum atomic E-state index is -0.492. The van der Waals surface area contributed by atoms with Crippen LogP contribution in [0.1, 0.15) is 37.6 Å². The van der Waals surface area contributed by atoms with Gasteiger partial charge < -0.3 is 14.6 Å². The fraction of sp³-hybridized carbons (Fsp3) is 0.435. The van der Waals surface area contributed by atoms with Gasteiger partial charge in [-0.25, -0.2) is 4.79 Å². The van der Waals surface area contributed by atoms with Crippen LogP contribution in [0.15, 0.2) is 35.1 Å². The summed E-state index contributed by atoms with van der Waals surface area (Å²) >= 11 is 0. The molecule has 2 aromatic rings. The van der Waals surface area contributed by atoms with Crippen LogP contribution in [0.5, 0.6) is 0 Å². The van der Waals surface area contributed by atoms with E-state index in [4.69, 9.17) is 4.74 Å². The predicted molar refractivity (Wildman–Crippen MR) is 115 cm³/mol. The van der Waals surface area contributed by atoms with Gasteiger partial charge >= 0.3 is 6.09 Å². The zero-order chi connectivity index (χ0) is 21.9. The predicted octanol–water partition coefficient (Wildman–Crippen LogP) is 3.27. The molecule has 0 spiro atoms. The molecule has 0 saturated carbocycles. The van der Waals surface area contributed by atoms with Crippen LogP contribution in [0.25, 0.3) is 11.1 Å². The molecule has 0 radical (unpaired) electrons. The zero-order valence-corrected chi connectivity index (χ0v) is 18.0. The Morgan fingerprint density at radius 3 is 2.53 bits per heavy atom. The number of aromatic amines is 1. The minimum absolute atomic E-state index is 0.128. The number of aryl methyl sites for hydroxylation is 1. The van der Waals surface area contributed by atoms with Gasteiger partial charge in [0.15, 0.2) is 0 Å². The number of H-pyrrole nitrogens is 1. The van der Waals surface area contributed by atoms with Crippen LogP contribution in [0.2, 0.25) is 0 Å². The largest absolute Gasteiger partial charge is 0.444 e. The normalized spacial score (nSPS) is 15.0. The molecule has 0 bridgehead atoms. The topological polar surface area (TPSA) is 89.4 Å². The highest BCUT2D eigenvalue weighted by Gasteiger charge is 2.25. The Balaban J connectivity index is 1.69. The minimum Gasteiger partial charge on any atom is -0.444 e. The fourth-order valence-electron chi connectivity index (χ4n) is 3.54. The first kappa shape index (κ1) is 21.6. The number of ether oxygens (including phenoxy) is 1. The van der Waals surface area contributed by atoms with Gasteiger partial charge in [0, 0.05) is 44.0 Å². The highest BCUT2D eigenvalue weighted by atomic mass is 16.6. The summed E-state index contributed by atoms with van der Waals surface area (Å²) < 4.78 is 5.45. The summed E-state index contributed by atoms with van der Waals surface area (Å²) in [5.41, 5.74) is 2.59. The lowest BCUT2D eigenvalue weighted by atomic mass is 9.99. The number of pyridine rings is 1. The highest BCUT2D eigenvalue weighted by Crippen LogP contribution is 2.24. The number of nitrogens with one attached hydrogen (secondary N) is 1. The number of carbonyl (C=O) groups is 1. The molecule has 7 nitrogen and oxygen atoms in total. The molecule has 1 amide bonds. The molecule has 7 heteroatoms. The Morgan fingerprint density at radius 1 is 1.20 bits per heavy atom. The van der Waals surface area contributed by atoms with E-state index < -0.39 is 5.60 Å². The van der Waals surface area contributed by atoms with E-state index in [2.05, 4.69) is 9.88 Å². The summed E-state index contributed by atoms with van der Waals surface area (Å²) in [7, 11) is 0. The Kier molecular flexibility index (Phi) is 6.28. The number of benzene rings is 1. The van der Waals surface area contributed by atoms with Gasteiger partial charge in [0.2, 0.25) is 0 Å². The Labute approximate surface area is 176 Å². The van der Waals surface area contributed by atoms with E-state index in [1.807, 2.05) is 57.2 Å². The van der Waals surface area contributed by atoms with E-state index in [1.54, 1.807) is 11.8 Å². The maximum Gasteiger partial charge on any atom is 0.410 e. The van der Waals surface area contributed by atoms with Crippen LogP contribution in [-0.4, -0.2) is 52.7 Å². The number of nitriles is 1. The van der Waals surface area contributed by atoms with Crippen molar-refractivity contribution in [3.63, 3.8) is 0 Å². The molecule has 158 valence electrons. The number of rotatable bonds is 3. The molecule has 1 saturated heterocycles. The molecule has 30 heavy (non-hydrogen) atoms. The lowest BCUT2D eigenvalue weighted by Gasteiger charge is -2.35. The first-order chi connectivity index (χ1) is 14.2. The van der Waals surface area contributed by atoms with Crippen molar-refractivity contribution in [2.75, 3.05) is 26.2 Å². The average molecular weight is 409 g/mol. The van der Waals surface area contributed by atoms with E-state index in [9.17, 15) is 14.9 Å². The van der Waals surface area contributed by atoms with Gasteiger partial charge in [0.05, 0.1) is 0 Å². The molecule has 2 heterocycles. The van der Waals surface area contributed by atoms with E-state index in [0.29, 0.717) is 18.7 Å². The first-order valence-electron chi connectivity index (χ1n) is 10.1.